The van der Waals surface area contributed by atoms with Gasteiger partial charge in [-0.05, 0) is 73.9 Å². The average molecular weight is 531 g/mol. The van der Waals surface area contributed by atoms with E-state index in [1.54, 1.807) is 54.6 Å². The van der Waals surface area contributed by atoms with Crippen LogP contribution in [0.2, 0.25) is 0 Å². The van der Waals surface area contributed by atoms with Crippen LogP contribution in [0, 0.1) is 20.8 Å². The maximum atomic E-state index is 13.9. The molecule has 0 aliphatic carbocycles. The summed E-state index contributed by atoms with van der Waals surface area (Å²) < 4.78 is 57.8. The first-order valence-corrected chi connectivity index (χ1v) is 14.9. The summed E-state index contributed by atoms with van der Waals surface area (Å²) >= 11 is 0. The molecule has 0 saturated heterocycles. The summed E-state index contributed by atoms with van der Waals surface area (Å²) in [7, 11) is -7.63. The third kappa shape index (κ3) is 3.62. The monoisotopic (exact) mass is 530 g/mol. The highest BCUT2D eigenvalue weighted by Crippen LogP contribution is 2.41. The minimum Gasteiger partial charge on any atom is -0.233 e. The summed E-state index contributed by atoms with van der Waals surface area (Å²) in [5, 5.41) is 1.58. The molecule has 1 aliphatic rings. The average Bonchev–Trinajstić information content (AvgIpc) is 3.45. The van der Waals surface area contributed by atoms with Gasteiger partial charge in [-0.25, -0.2) is 20.8 Å². The molecule has 0 fully saturated rings. The number of rotatable bonds is 4. The number of nitrogens with zero attached hydrogens (tertiary/aromatic N) is 2. The standard InChI is InChI=1S/C29H26N2O4S2/c1-19-8-12-22(13-9-19)36(32,33)30-17-25-21(3)16-28-29(26(25)18-30)24-6-4-5-7-27(24)31(28)37(34,35)23-14-10-20(2)11-15-23/h4-16H,17-18H2,1-3H3. The third-order valence-electron chi connectivity index (χ3n) is 7.25. The SMILES string of the molecule is Cc1ccc(S(=O)(=O)N2Cc3c(C)cc4c(c3C2)c2ccccc2n4S(=O)(=O)c2ccc(C)cc2)cc1. The maximum absolute atomic E-state index is 13.9. The lowest BCUT2D eigenvalue weighted by Gasteiger charge is -2.15. The summed E-state index contributed by atoms with van der Waals surface area (Å²) in [6.07, 6.45) is 0. The van der Waals surface area contributed by atoms with Gasteiger partial charge in [-0.3, -0.25) is 0 Å². The fourth-order valence-electron chi connectivity index (χ4n) is 5.27. The Morgan fingerprint density at radius 2 is 1.16 bits per heavy atom. The molecule has 37 heavy (non-hydrogen) atoms. The number of aromatic nitrogens is 1. The minimum absolute atomic E-state index is 0.183. The Morgan fingerprint density at radius 3 is 1.78 bits per heavy atom. The van der Waals surface area contributed by atoms with Crippen molar-refractivity contribution in [3.8, 4) is 0 Å². The Labute approximate surface area is 216 Å². The van der Waals surface area contributed by atoms with Crippen molar-refractivity contribution in [1.82, 2.24) is 8.28 Å². The minimum atomic E-state index is -3.90. The summed E-state index contributed by atoms with van der Waals surface area (Å²) in [6.45, 7) is 6.18. The zero-order valence-electron chi connectivity index (χ0n) is 20.8. The van der Waals surface area contributed by atoms with Crippen molar-refractivity contribution in [1.29, 1.82) is 0 Å². The van der Waals surface area contributed by atoms with Gasteiger partial charge >= 0.3 is 0 Å². The van der Waals surface area contributed by atoms with Crippen LogP contribution in [0.5, 0.6) is 0 Å². The quantitative estimate of drug-likeness (QED) is 0.300. The van der Waals surface area contributed by atoms with Crippen LogP contribution in [0.4, 0.5) is 0 Å². The maximum Gasteiger partial charge on any atom is 0.268 e. The van der Waals surface area contributed by atoms with Crippen LogP contribution >= 0.6 is 0 Å². The number of aryl methyl sites for hydroxylation is 3. The molecule has 8 heteroatoms. The van der Waals surface area contributed by atoms with Crippen molar-refractivity contribution in [3.05, 3.63) is 107 Å². The lowest BCUT2D eigenvalue weighted by atomic mass is 9.99. The number of hydrogen-bond acceptors (Lipinski definition) is 4. The molecule has 188 valence electrons. The molecular weight excluding hydrogens is 504 g/mol. The Kier molecular flexibility index (Phi) is 5.35. The van der Waals surface area contributed by atoms with Gasteiger partial charge in [-0.1, -0.05) is 53.6 Å². The van der Waals surface area contributed by atoms with E-state index in [0.717, 1.165) is 38.6 Å². The van der Waals surface area contributed by atoms with Crippen LogP contribution in [0.3, 0.4) is 0 Å². The predicted molar refractivity (Wildman–Crippen MR) is 146 cm³/mol. The van der Waals surface area contributed by atoms with Crippen molar-refractivity contribution >= 4 is 41.9 Å². The molecule has 6 rings (SSSR count). The molecule has 4 aromatic carbocycles. The normalized spacial score (nSPS) is 14.5. The molecule has 2 heterocycles. The third-order valence-corrected chi connectivity index (χ3v) is 10.8. The fourth-order valence-corrected chi connectivity index (χ4v) is 8.16. The van der Waals surface area contributed by atoms with E-state index in [-0.39, 0.29) is 22.9 Å². The Bertz CT molecular complexity index is 1920. The summed E-state index contributed by atoms with van der Waals surface area (Å²) in [5.74, 6) is 0. The Hall–Kier alpha value is -3.46. The Morgan fingerprint density at radius 1 is 0.622 bits per heavy atom. The van der Waals surface area contributed by atoms with E-state index >= 15 is 0 Å². The second-order valence-corrected chi connectivity index (χ2v) is 13.5. The topological polar surface area (TPSA) is 76.5 Å². The Balaban J connectivity index is 1.58. The lowest BCUT2D eigenvalue weighted by molar-refractivity contribution is 0.432. The molecule has 0 unspecified atom stereocenters. The lowest BCUT2D eigenvalue weighted by Crippen LogP contribution is -2.25. The highest BCUT2D eigenvalue weighted by molar-refractivity contribution is 7.90. The molecule has 0 bridgehead atoms. The van der Waals surface area contributed by atoms with Gasteiger partial charge in [0.05, 0.1) is 20.8 Å². The van der Waals surface area contributed by atoms with E-state index in [9.17, 15) is 16.8 Å². The second-order valence-electron chi connectivity index (χ2n) is 9.73. The van der Waals surface area contributed by atoms with E-state index in [2.05, 4.69) is 0 Å². The van der Waals surface area contributed by atoms with Gasteiger partial charge in [0, 0.05) is 23.9 Å². The summed E-state index contributed by atoms with van der Waals surface area (Å²) in [5.41, 5.74) is 5.76. The zero-order valence-corrected chi connectivity index (χ0v) is 22.4. The van der Waals surface area contributed by atoms with Gasteiger partial charge in [0.2, 0.25) is 10.0 Å². The molecule has 1 aliphatic heterocycles. The first-order valence-electron chi connectivity index (χ1n) is 12.0. The molecular formula is C29H26N2O4S2. The molecule has 0 atom stereocenters. The van der Waals surface area contributed by atoms with Crippen LogP contribution < -0.4 is 0 Å². The van der Waals surface area contributed by atoms with Crippen LogP contribution in [0.1, 0.15) is 27.8 Å². The van der Waals surface area contributed by atoms with Gasteiger partial charge in [-0.15, -0.1) is 0 Å². The number of para-hydroxylation sites is 1. The molecule has 0 amide bonds. The molecule has 5 aromatic rings. The first-order chi connectivity index (χ1) is 17.6. The van der Waals surface area contributed by atoms with Crippen LogP contribution in [-0.4, -0.2) is 25.1 Å². The van der Waals surface area contributed by atoms with Gasteiger partial charge in [0.15, 0.2) is 0 Å². The summed E-state index contributed by atoms with van der Waals surface area (Å²) in [6, 6.07) is 23.0. The highest BCUT2D eigenvalue weighted by Gasteiger charge is 2.35. The molecule has 0 saturated carbocycles. The summed E-state index contributed by atoms with van der Waals surface area (Å²) in [4.78, 5) is 0.465. The molecule has 0 N–H and O–H groups in total. The zero-order chi connectivity index (χ0) is 26.1. The first kappa shape index (κ1) is 23.9. The second kappa shape index (κ2) is 8.28. The van der Waals surface area contributed by atoms with Crippen LogP contribution in [-0.2, 0) is 33.1 Å². The van der Waals surface area contributed by atoms with Gasteiger partial charge < -0.3 is 0 Å². The van der Waals surface area contributed by atoms with Crippen molar-refractivity contribution in [3.63, 3.8) is 0 Å². The van der Waals surface area contributed by atoms with Crippen LogP contribution in [0.25, 0.3) is 21.8 Å². The number of hydrogen-bond donors (Lipinski definition) is 0. The molecule has 6 nitrogen and oxygen atoms in total. The van der Waals surface area contributed by atoms with Gasteiger partial charge in [0.25, 0.3) is 10.0 Å². The number of sulfonamides is 1. The molecule has 0 spiro atoms. The van der Waals surface area contributed by atoms with E-state index in [1.807, 2.05) is 45.0 Å². The van der Waals surface area contributed by atoms with Gasteiger partial charge in [-0.2, -0.15) is 4.31 Å². The van der Waals surface area contributed by atoms with E-state index < -0.39 is 20.0 Å². The number of fused-ring (bicyclic) bond motifs is 5. The van der Waals surface area contributed by atoms with E-state index in [1.165, 1.54) is 8.28 Å². The van der Waals surface area contributed by atoms with Crippen molar-refractivity contribution < 1.29 is 16.8 Å². The molecule has 1 aromatic heterocycles. The van der Waals surface area contributed by atoms with Crippen molar-refractivity contribution in [2.24, 2.45) is 0 Å². The highest BCUT2D eigenvalue weighted by atomic mass is 32.2. The largest absolute Gasteiger partial charge is 0.268 e. The van der Waals surface area contributed by atoms with Crippen LogP contribution in [0.15, 0.2) is 88.7 Å². The number of benzene rings is 4. The molecule has 0 radical (unpaired) electrons. The van der Waals surface area contributed by atoms with E-state index in [0.29, 0.717) is 11.0 Å². The smallest absolute Gasteiger partial charge is 0.233 e. The van der Waals surface area contributed by atoms with Crippen molar-refractivity contribution in [2.75, 3.05) is 0 Å². The fraction of sp³-hybridized carbons (Fsp3) is 0.172. The predicted octanol–water partition coefficient (Wildman–Crippen LogP) is 5.66. The van der Waals surface area contributed by atoms with Gasteiger partial charge in [0.1, 0.15) is 0 Å². The van der Waals surface area contributed by atoms with Crippen molar-refractivity contribution in [2.45, 2.75) is 43.7 Å². The van der Waals surface area contributed by atoms with E-state index in [4.69, 9.17) is 0 Å².